The Kier molecular flexibility index (Phi) is 15.5. The third-order valence-corrected chi connectivity index (χ3v) is 24.3. The van der Waals surface area contributed by atoms with Gasteiger partial charge in [-0.2, -0.15) is 0 Å². The van der Waals surface area contributed by atoms with Gasteiger partial charge in [0.2, 0.25) is 0 Å². The quantitative estimate of drug-likeness (QED) is 0.0560. The fraction of sp³-hybridized carbons (Fsp3) is 0.500. The van der Waals surface area contributed by atoms with Crippen LogP contribution in [0.25, 0.3) is 0 Å². The molecule has 0 N–H and O–H groups in total. The van der Waals surface area contributed by atoms with E-state index in [1.165, 1.54) is 16.7 Å². The smallest absolute Gasteiger partial charge is 0.496 e. The molecule has 5 rings (SSSR count). The lowest BCUT2D eigenvalue weighted by atomic mass is 9.55. The summed E-state index contributed by atoms with van der Waals surface area (Å²) in [6.07, 6.45) is 6.44. The number of rotatable bonds is 18. The molecule has 4 aromatic rings. The first-order valence-corrected chi connectivity index (χ1v) is 31.0. The summed E-state index contributed by atoms with van der Waals surface area (Å²) in [5, 5.41) is 0. The number of carbonyl (C=O) groups is 1. The molecular weight excluding hydrogens is 797 g/mol. The molecule has 60 heavy (non-hydrogen) atoms. The van der Waals surface area contributed by atoms with Gasteiger partial charge in [-0.25, -0.2) is 4.79 Å². The third kappa shape index (κ3) is 12.5. The molecule has 2 unspecified atom stereocenters. The molecule has 7 nitrogen and oxygen atoms in total. The van der Waals surface area contributed by atoms with Gasteiger partial charge in [-0.05, 0) is 179 Å². The lowest BCUT2D eigenvalue weighted by Crippen LogP contribution is -2.52. The van der Waals surface area contributed by atoms with Crippen molar-refractivity contribution in [2.75, 3.05) is 14.2 Å². The molecule has 0 bridgehead atoms. The number of methoxy groups -OCH3 is 2. The van der Waals surface area contributed by atoms with E-state index in [1.54, 1.807) is 20.3 Å². The maximum Gasteiger partial charge on any atom is 0.519 e. The van der Waals surface area contributed by atoms with Crippen LogP contribution in [-0.2, 0) is 26.5 Å². The number of hydrogen-bond acceptors (Lipinski definition) is 7. The van der Waals surface area contributed by atoms with Crippen molar-refractivity contribution in [1.29, 1.82) is 0 Å². The highest BCUT2D eigenvalue weighted by molar-refractivity contribution is 6.87. The largest absolute Gasteiger partial charge is 0.519 e. The zero-order valence-corrected chi connectivity index (χ0v) is 41.9. The predicted octanol–water partition coefficient (Wildman–Crippen LogP) is 13.7. The number of aryl methyl sites for hydroxylation is 4. The Morgan fingerprint density at radius 2 is 1.18 bits per heavy atom. The van der Waals surface area contributed by atoms with Crippen LogP contribution < -0.4 is 18.9 Å². The van der Waals surface area contributed by atoms with E-state index in [2.05, 4.69) is 128 Å². The molecule has 0 spiro atoms. The lowest BCUT2D eigenvalue weighted by molar-refractivity contribution is 0.107. The van der Waals surface area contributed by atoms with E-state index in [0.717, 1.165) is 79.5 Å². The Morgan fingerprint density at radius 1 is 0.633 bits per heavy atom. The van der Waals surface area contributed by atoms with Crippen molar-refractivity contribution in [2.45, 2.75) is 136 Å². The molecule has 0 aliphatic heterocycles. The minimum Gasteiger partial charge on any atom is -0.496 e. The van der Waals surface area contributed by atoms with Crippen molar-refractivity contribution in [1.82, 2.24) is 0 Å². The molecule has 0 radical (unpaired) electrons. The average Bonchev–Trinajstić information content (AvgIpc) is 3.17. The van der Waals surface area contributed by atoms with Gasteiger partial charge < -0.3 is 27.2 Å². The van der Waals surface area contributed by atoms with Crippen LogP contribution >= 0.6 is 0 Å². The Labute approximate surface area is 365 Å². The third-order valence-electron chi connectivity index (χ3n) is 12.9. The van der Waals surface area contributed by atoms with E-state index in [-0.39, 0.29) is 5.41 Å². The highest BCUT2D eigenvalue weighted by Crippen LogP contribution is 2.53. The van der Waals surface area contributed by atoms with Crippen LogP contribution in [-0.4, -0.2) is 45.6 Å². The van der Waals surface area contributed by atoms with Crippen molar-refractivity contribution in [3.63, 3.8) is 0 Å². The summed E-state index contributed by atoms with van der Waals surface area (Å²) >= 11 is 0. The van der Waals surface area contributed by atoms with Crippen molar-refractivity contribution in [3.8, 4) is 23.0 Å². The van der Waals surface area contributed by atoms with Gasteiger partial charge in [0.05, 0.1) is 14.2 Å². The normalized spacial score (nSPS) is 18.2. The van der Waals surface area contributed by atoms with Crippen LogP contribution in [0.1, 0.15) is 86.3 Å². The van der Waals surface area contributed by atoms with Gasteiger partial charge in [-0.1, -0.05) is 81.4 Å². The minimum absolute atomic E-state index is 0.0932. The van der Waals surface area contributed by atoms with Gasteiger partial charge in [0.25, 0.3) is 0 Å². The highest BCUT2D eigenvalue weighted by Gasteiger charge is 2.45. The summed E-state index contributed by atoms with van der Waals surface area (Å²) in [6.45, 7) is 24.9. The van der Waals surface area contributed by atoms with E-state index in [0.29, 0.717) is 28.6 Å². The van der Waals surface area contributed by atoms with Gasteiger partial charge in [0, 0.05) is 5.41 Å². The van der Waals surface area contributed by atoms with Crippen molar-refractivity contribution >= 4 is 31.4 Å². The summed E-state index contributed by atoms with van der Waals surface area (Å²) in [4.78, 5) is 13.2. The fourth-order valence-electron chi connectivity index (χ4n) is 9.26. The van der Waals surface area contributed by atoms with Crippen molar-refractivity contribution in [2.24, 2.45) is 11.3 Å². The van der Waals surface area contributed by atoms with Gasteiger partial charge in [0.1, 0.15) is 11.5 Å². The Hall–Kier alpha value is -3.68. The molecule has 2 atom stereocenters. The fourth-order valence-corrected chi connectivity index (χ4v) is 23.3. The number of benzene rings is 4. The molecule has 0 amide bonds. The van der Waals surface area contributed by atoms with Crippen molar-refractivity contribution in [3.05, 3.63) is 118 Å². The SMILES string of the molecule is COc1cc(CCC[Si](C)(C)O[Si](C)(C)O[Si](C)(C)CCCc2ccc(OC(=O)Oc3ccc(C4(c5ccccc5)CCC(C)(C)C(C)C4)cc3C)c(OC)c2)ccc1C. The van der Waals surface area contributed by atoms with E-state index < -0.39 is 31.4 Å². The average molecular weight is 869 g/mol. The Bertz CT molecular complexity index is 2060. The molecule has 0 saturated heterocycles. The monoisotopic (exact) mass is 868 g/mol. The van der Waals surface area contributed by atoms with Crippen LogP contribution in [0.5, 0.6) is 23.0 Å². The van der Waals surface area contributed by atoms with Gasteiger partial charge >= 0.3 is 14.7 Å². The number of hydrogen-bond donors (Lipinski definition) is 0. The minimum atomic E-state index is -2.34. The molecule has 1 aliphatic carbocycles. The summed E-state index contributed by atoms with van der Waals surface area (Å²) in [7, 11) is -2.94. The van der Waals surface area contributed by atoms with E-state index in [1.807, 2.05) is 25.1 Å². The maximum absolute atomic E-state index is 13.2. The second-order valence-corrected chi connectivity index (χ2v) is 32.1. The molecule has 1 saturated carbocycles. The second-order valence-electron chi connectivity index (χ2n) is 19.6. The van der Waals surface area contributed by atoms with Crippen LogP contribution in [0, 0.1) is 25.2 Å². The predicted molar refractivity (Wildman–Crippen MR) is 253 cm³/mol. The van der Waals surface area contributed by atoms with E-state index in [9.17, 15) is 4.79 Å². The van der Waals surface area contributed by atoms with Crippen LogP contribution in [0.3, 0.4) is 0 Å². The zero-order chi connectivity index (χ0) is 43.9. The Balaban J connectivity index is 1.13. The van der Waals surface area contributed by atoms with Gasteiger partial charge in [0.15, 0.2) is 28.1 Å². The molecule has 10 heteroatoms. The maximum atomic E-state index is 13.2. The summed E-state index contributed by atoms with van der Waals surface area (Å²) < 4.78 is 36.6. The lowest BCUT2D eigenvalue weighted by Gasteiger charge is -2.48. The highest BCUT2D eigenvalue weighted by atomic mass is 28.5. The number of carbonyl (C=O) groups excluding carboxylic acids is 1. The molecular formula is C50H72O7Si3. The Morgan fingerprint density at radius 3 is 1.75 bits per heavy atom. The standard InChI is InChI=1S/C50H72O7Si3/c1-37-23-24-40(34-46(37)52-6)19-17-31-58(8,9)56-60(12,13)57-59(10,11)32-18-20-41-25-27-45(47(35-41)53-7)55-48(51)54-44-28-26-43(33-38(44)2)50(42-21-15-14-16-22-42)30-29-49(4,5)39(3)36-50/h14-16,21-28,33-35,39H,17-20,29-32,36H2,1-13H3. The van der Waals surface area contributed by atoms with E-state index in [4.69, 9.17) is 27.2 Å². The zero-order valence-electron chi connectivity index (χ0n) is 38.9. The first-order valence-electron chi connectivity index (χ1n) is 21.9. The van der Waals surface area contributed by atoms with Crippen LogP contribution in [0.15, 0.2) is 84.9 Å². The molecule has 4 aromatic carbocycles. The summed E-state index contributed by atoms with van der Waals surface area (Å²) in [5.74, 6) is 2.82. The second kappa shape index (κ2) is 19.6. The molecule has 0 aromatic heterocycles. The van der Waals surface area contributed by atoms with Crippen LogP contribution in [0.2, 0.25) is 51.4 Å². The number of ether oxygens (including phenoxy) is 4. The van der Waals surface area contributed by atoms with Gasteiger partial charge in [-0.3, -0.25) is 0 Å². The first kappa shape index (κ1) is 47.4. The molecule has 1 fully saturated rings. The topological polar surface area (TPSA) is 72.5 Å². The molecule has 0 heterocycles. The summed E-state index contributed by atoms with van der Waals surface area (Å²) in [6, 6.07) is 31.5. The molecule has 1 aliphatic rings. The molecule has 326 valence electrons. The van der Waals surface area contributed by atoms with Gasteiger partial charge in [-0.15, -0.1) is 0 Å². The first-order chi connectivity index (χ1) is 28.2. The van der Waals surface area contributed by atoms with Crippen LogP contribution in [0.4, 0.5) is 4.79 Å². The van der Waals surface area contributed by atoms with Crippen molar-refractivity contribution < 1.29 is 32.0 Å². The van der Waals surface area contributed by atoms with E-state index >= 15 is 0 Å². The summed E-state index contributed by atoms with van der Waals surface area (Å²) in [5.41, 5.74) is 7.28.